The van der Waals surface area contributed by atoms with Crippen molar-refractivity contribution < 1.29 is 4.79 Å². The van der Waals surface area contributed by atoms with Gasteiger partial charge in [0.1, 0.15) is 10.9 Å². The molecule has 1 fully saturated rings. The molecule has 1 heterocycles. The maximum Gasteiger partial charge on any atom is 0.140 e. The standard InChI is InChI=1S/C11H12ClNO/c1-7-5-11(12)13-6-9(7)8-3-2-4-10(8)14/h5-6,8H,2-4H2,1H3. The van der Waals surface area contributed by atoms with Crippen molar-refractivity contribution >= 4 is 17.4 Å². The Balaban J connectivity index is 2.36. The number of rotatable bonds is 1. The third kappa shape index (κ3) is 1.67. The molecule has 0 saturated heterocycles. The molecule has 2 rings (SSSR count). The van der Waals surface area contributed by atoms with Crippen LogP contribution in [0.2, 0.25) is 5.15 Å². The third-order valence-electron chi connectivity index (χ3n) is 2.80. The average molecular weight is 210 g/mol. The van der Waals surface area contributed by atoms with Gasteiger partial charge in [0, 0.05) is 18.5 Å². The maximum absolute atomic E-state index is 11.6. The summed E-state index contributed by atoms with van der Waals surface area (Å²) in [6, 6.07) is 1.82. The van der Waals surface area contributed by atoms with Crippen molar-refractivity contribution in [2.24, 2.45) is 0 Å². The summed E-state index contributed by atoms with van der Waals surface area (Å²) in [5, 5.41) is 0.497. The minimum absolute atomic E-state index is 0.0692. The number of nitrogens with zero attached hydrogens (tertiary/aromatic N) is 1. The van der Waals surface area contributed by atoms with Crippen LogP contribution in [0.25, 0.3) is 0 Å². The Hall–Kier alpha value is -0.890. The zero-order valence-corrected chi connectivity index (χ0v) is 8.84. The van der Waals surface area contributed by atoms with Gasteiger partial charge in [-0.1, -0.05) is 11.6 Å². The van der Waals surface area contributed by atoms with E-state index >= 15 is 0 Å². The Morgan fingerprint density at radius 3 is 2.93 bits per heavy atom. The fourth-order valence-corrected chi connectivity index (χ4v) is 2.25. The Bertz CT molecular complexity index is 376. The predicted molar refractivity (Wildman–Crippen MR) is 55.6 cm³/mol. The Labute approximate surface area is 88.3 Å². The number of carbonyl (C=O) groups excluding carboxylic acids is 1. The third-order valence-corrected chi connectivity index (χ3v) is 3.00. The molecular formula is C11H12ClNO. The summed E-state index contributed by atoms with van der Waals surface area (Å²) in [7, 11) is 0. The predicted octanol–water partition coefficient (Wildman–Crippen LogP) is 2.88. The van der Waals surface area contributed by atoms with E-state index in [0.29, 0.717) is 17.4 Å². The highest BCUT2D eigenvalue weighted by molar-refractivity contribution is 6.29. The van der Waals surface area contributed by atoms with Crippen LogP contribution in [0.1, 0.15) is 36.3 Å². The van der Waals surface area contributed by atoms with E-state index in [9.17, 15) is 4.79 Å². The van der Waals surface area contributed by atoms with Crippen LogP contribution in [0.4, 0.5) is 0 Å². The smallest absolute Gasteiger partial charge is 0.140 e. The van der Waals surface area contributed by atoms with Gasteiger partial charge >= 0.3 is 0 Å². The molecular weight excluding hydrogens is 198 g/mol. The topological polar surface area (TPSA) is 30.0 Å². The Morgan fingerprint density at radius 2 is 2.36 bits per heavy atom. The highest BCUT2D eigenvalue weighted by Crippen LogP contribution is 2.32. The van der Waals surface area contributed by atoms with Crippen molar-refractivity contribution in [2.45, 2.75) is 32.1 Å². The molecule has 74 valence electrons. The lowest BCUT2D eigenvalue weighted by molar-refractivity contribution is -0.118. The summed E-state index contributed by atoms with van der Waals surface area (Å²) >= 11 is 5.76. The molecule has 0 N–H and O–H groups in total. The molecule has 1 unspecified atom stereocenters. The number of carbonyl (C=O) groups is 1. The van der Waals surface area contributed by atoms with Gasteiger partial charge in [-0.05, 0) is 37.0 Å². The molecule has 1 aliphatic carbocycles. The average Bonchev–Trinajstić information content (AvgIpc) is 2.52. The van der Waals surface area contributed by atoms with Crippen LogP contribution in [-0.2, 0) is 4.79 Å². The van der Waals surface area contributed by atoms with Gasteiger partial charge in [0.05, 0.1) is 0 Å². The van der Waals surface area contributed by atoms with E-state index in [1.54, 1.807) is 6.20 Å². The summed E-state index contributed by atoms with van der Waals surface area (Å²) < 4.78 is 0. The first-order chi connectivity index (χ1) is 6.68. The molecule has 0 amide bonds. The molecule has 0 aromatic carbocycles. The van der Waals surface area contributed by atoms with Gasteiger partial charge < -0.3 is 0 Å². The second-order valence-electron chi connectivity index (χ2n) is 3.77. The molecule has 1 atom stereocenters. The Morgan fingerprint density at radius 1 is 1.57 bits per heavy atom. The van der Waals surface area contributed by atoms with Crippen LogP contribution in [0.5, 0.6) is 0 Å². The highest BCUT2D eigenvalue weighted by atomic mass is 35.5. The summed E-state index contributed by atoms with van der Waals surface area (Å²) in [6.07, 6.45) is 4.42. The number of ketones is 1. The van der Waals surface area contributed by atoms with Crippen molar-refractivity contribution in [1.29, 1.82) is 0 Å². The van der Waals surface area contributed by atoms with E-state index in [1.165, 1.54) is 0 Å². The SMILES string of the molecule is Cc1cc(Cl)ncc1C1CCCC1=O. The minimum atomic E-state index is 0.0692. The van der Waals surface area contributed by atoms with Gasteiger partial charge in [0.25, 0.3) is 0 Å². The summed E-state index contributed by atoms with van der Waals surface area (Å²) in [4.78, 5) is 15.6. The molecule has 2 nitrogen and oxygen atoms in total. The molecule has 0 aliphatic heterocycles. The minimum Gasteiger partial charge on any atom is -0.299 e. The lowest BCUT2D eigenvalue weighted by Gasteiger charge is -2.10. The van der Waals surface area contributed by atoms with Crippen LogP contribution in [0, 0.1) is 6.92 Å². The number of aromatic nitrogens is 1. The molecule has 1 aliphatic rings. The van der Waals surface area contributed by atoms with E-state index in [-0.39, 0.29) is 5.92 Å². The summed E-state index contributed by atoms with van der Waals surface area (Å²) in [5.41, 5.74) is 2.13. The molecule has 3 heteroatoms. The van der Waals surface area contributed by atoms with E-state index < -0.39 is 0 Å². The van der Waals surface area contributed by atoms with Crippen LogP contribution in [0.3, 0.4) is 0 Å². The van der Waals surface area contributed by atoms with E-state index in [0.717, 1.165) is 24.0 Å². The van der Waals surface area contributed by atoms with Crippen LogP contribution in [0.15, 0.2) is 12.3 Å². The van der Waals surface area contributed by atoms with Crippen LogP contribution >= 0.6 is 11.6 Å². The Kier molecular flexibility index (Phi) is 2.55. The molecule has 0 bridgehead atoms. The van der Waals surface area contributed by atoms with Crippen LogP contribution < -0.4 is 0 Å². The lowest BCUT2D eigenvalue weighted by atomic mass is 9.95. The number of hydrogen-bond donors (Lipinski definition) is 0. The van der Waals surface area contributed by atoms with Crippen molar-refractivity contribution in [3.63, 3.8) is 0 Å². The number of aryl methyl sites for hydroxylation is 1. The molecule has 0 radical (unpaired) electrons. The number of pyridine rings is 1. The number of halogens is 1. The normalized spacial score (nSPS) is 21.6. The van der Waals surface area contributed by atoms with Crippen molar-refractivity contribution in [1.82, 2.24) is 4.98 Å². The van der Waals surface area contributed by atoms with Gasteiger partial charge in [-0.3, -0.25) is 4.79 Å². The highest BCUT2D eigenvalue weighted by Gasteiger charge is 2.27. The lowest BCUT2D eigenvalue weighted by Crippen LogP contribution is -2.06. The zero-order chi connectivity index (χ0) is 10.1. The monoisotopic (exact) mass is 209 g/mol. The van der Waals surface area contributed by atoms with Crippen molar-refractivity contribution in [3.8, 4) is 0 Å². The largest absolute Gasteiger partial charge is 0.299 e. The second kappa shape index (κ2) is 3.70. The first-order valence-corrected chi connectivity index (χ1v) is 5.21. The van der Waals surface area contributed by atoms with E-state index in [2.05, 4.69) is 4.98 Å². The van der Waals surface area contributed by atoms with Gasteiger partial charge in [-0.25, -0.2) is 4.98 Å². The fraction of sp³-hybridized carbons (Fsp3) is 0.455. The quantitative estimate of drug-likeness (QED) is 0.666. The molecule has 1 aromatic rings. The van der Waals surface area contributed by atoms with Crippen molar-refractivity contribution in [3.05, 3.63) is 28.5 Å². The maximum atomic E-state index is 11.6. The summed E-state index contributed by atoms with van der Waals surface area (Å²) in [6.45, 7) is 1.98. The van der Waals surface area contributed by atoms with E-state index in [4.69, 9.17) is 11.6 Å². The van der Waals surface area contributed by atoms with Gasteiger partial charge in [0.2, 0.25) is 0 Å². The molecule has 1 aromatic heterocycles. The van der Waals surface area contributed by atoms with Gasteiger partial charge in [0.15, 0.2) is 0 Å². The van der Waals surface area contributed by atoms with Gasteiger partial charge in [-0.15, -0.1) is 0 Å². The molecule has 14 heavy (non-hydrogen) atoms. The summed E-state index contributed by atoms with van der Waals surface area (Å²) in [5.74, 6) is 0.414. The second-order valence-corrected chi connectivity index (χ2v) is 4.16. The van der Waals surface area contributed by atoms with Crippen LogP contribution in [-0.4, -0.2) is 10.8 Å². The molecule has 1 saturated carbocycles. The van der Waals surface area contributed by atoms with Gasteiger partial charge in [-0.2, -0.15) is 0 Å². The first kappa shape index (κ1) is 9.66. The fourth-order valence-electron chi connectivity index (χ4n) is 2.04. The first-order valence-electron chi connectivity index (χ1n) is 4.83. The number of hydrogen-bond acceptors (Lipinski definition) is 2. The van der Waals surface area contributed by atoms with E-state index in [1.807, 2.05) is 13.0 Å². The zero-order valence-electron chi connectivity index (χ0n) is 8.09. The molecule has 0 spiro atoms. The number of Topliss-reactive ketones (excluding diaryl/α,β-unsaturated/α-hetero) is 1. The van der Waals surface area contributed by atoms with Crippen molar-refractivity contribution in [2.75, 3.05) is 0 Å².